The molecular weight excluding hydrogens is 987 g/mol. The molecule has 0 radical (unpaired) electrons. The lowest BCUT2D eigenvalue weighted by Crippen LogP contribution is -2.04. The van der Waals surface area contributed by atoms with Crippen molar-refractivity contribution in [2.45, 2.75) is 372 Å². The van der Waals surface area contributed by atoms with Crippen LogP contribution in [0.15, 0.2) is 0 Å². The summed E-state index contributed by atoms with van der Waals surface area (Å²) in [4.78, 5) is 0. The minimum atomic E-state index is -0.801. The van der Waals surface area contributed by atoms with Crippen molar-refractivity contribution < 1.29 is 8.78 Å². The molecule has 0 spiro atoms. The summed E-state index contributed by atoms with van der Waals surface area (Å²) < 4.78 is 25.6. The van der Waals surface area contributed by atoms with Crippen LogP contribution in [0.3, 0.4) is 0 Å². The van der Waals surface area contributed by atoms with Gasteiger partial charge in [-0.25, -0.2) is 8.78 Å². The van der Waals surface area contributed by atoms with Crippen LogP contribution in [0.4, 0.5) is 8.78 Å². The Morgan fingerprint density at radius 1 is 0.383 bits per heavy atom. The summed E-state index contributed by atoms with van der Waals surface area (Å²) in [7, 11) is 0. The van der Waals surface area contributed by atoms with E-state index >= 15 is 0 Å². The van der Waals surface area contributed by atoms with Gasteiger partial charge in [-0.15, -0.1) is 0 Å². The van der Waals surface area contributed by atoms with E-state index < -0.39 is 11.3 Å². The molecule has 7 atom stereocenters. The third kappa shape index (κ3) is 45.8. The number of alkyl halides is 2. The molecular formula is C79H156F2. The fraction of sp³-hybridized carbons (Fsp3) is 1.00. The lowest BCUT2D eigenvalue weighted by molar-refractivity contribution is 0.259. The zero-order valence-electron chi connectivity index (χ0n) is 61.2. The molecule has 10 saturated carbocycles. The van der Waals surface area contributed by atoms with Crippen LogP contribution in [0, 0.1) is 135 Å². The quantitative estimate of drug-likeness (QED) is 0.107. The number of rotatable bonds is 21. The standard InChI is InChI=1S/C9H18.C8H15F.6C8H16.C7H13F.C7H14/c1-7(2)5-8-6-9(8,3)4;1-6(2)4-7-5-8(7,3)9;1-6(2)4-8-5-7(8)3;2*1-7(2)6-8(3)4-5-8;2*1-6(2)7(3)8-4-5-8;1-7(2)3-4-8-5-6-8;1-6(2)5-7(8)3-4-7;1-6(2)5-7-3-4-7/h7-8H,5-6H2,1-4H3;6-7H,4-5H2,1-3H3;6-8H,4-5H2,1-3H3;2*7H,4-6H2,1-3H3;2*6-8H,4-5H2,1-3H3;7-8H,3-6H2,1-2H3;6H,3-5H2,1-2H3;6-7H,3-5H2,1-2H3. The van der Waals surface area contributed by atoms with Gasteiger partial charge in [0.2, 0.25) is 0 Å². The van der Waals surface area contributed by atoms with Gasteiger partial charge in [-0.3, -0.25) is 0 Å². The first kappa shape index (κ1) is 78.9. The monoisotopic (exact) mass is 1140 g/mol. The highest BCUT2D eigenvalue weighted by molar-refractivity contribution is 5.00. The van der Waals surface area contributed by atoms with E-state index in [9.17, 15) is 8.78 Å². The van der Waals surface area contributed by atoms with Crippen molar-refractivity contribution in [1.29, 1.82) is 0 Å². The molecule has 81 heavy (non-hydrogen) atoms. The van der Waals surface area contributed by atoms with E-state index in [2.05, 4.69) is 187 Å². The van der Waals surface area contributed by atoms with Crippen LogP contribution in [-0.2, 0) is 0 Å². The van der Waals surface area contributed by atoms with Crippen molar-refractivity contribution in [2.75, 3.05) is 0 Å². The molecule has 10 rings (SSSR count). The molecule has 7 unspecified atom stereocenters. The average molecular weight is 1140 g/mol. The van der Waals surface area contributed by atoms with E-state index in [4.69, 9.17) is 0 Å². The van der Waals surface area contributed by atoms with Crippen molar-refractivity contribution in [1.82, 2.24) is 0 Å². The minimum absolute atomic E-state index is 0.373. The lowest BCUT2D eigenvalue weighted by atomic mass is 9.93. The molecule has 0 saturated heterocycles. The summed E-state index contributed by atoms with van der Waals surface area (Å²) in [5.74, 6) is 18.5. The van der Waals surface area contributed by atoms with Crippen molar-refractivity contribution in [3.05, 3.63) is 0 Å². The maximum atomic E-state index is 12.8. The van der Waals surface area contributed by atoms with Gasteiger partial charge in [-0.1, -0.05) is 225 Å². The summed E-state index contributed by atoms with van der Waals surface area (Å²) >= 11 is 0. The topological polar surface area (TPSA) is 0 Å². The molecule has 0 aliphatic heterocycles. The molecule has 10 aliphatic carbocycles. The highest BCUT2D eigenvalue weighted by atomic mass is 19.1. The number of hydrogen-bond donors (Lipinski definition) is 0. The van der Waals surface area contributed by atoms with Gasteiger partial charge in [-0.05, 0) is 270 Å². The fourth-order valence-electron chi connectivity index (χ4n) is 12.4. The van der Waals surface area contributed by atoms with E-state index in [-0.39, 0.29) is 0 Å². The van der Waals surface area contributed by atoms with Gasteiger partial charge >= 0.3 is 0 Å². The van der Waals surface area contributed by atoms with Crippen molar-refractivity contribution in [3.63, 3.8) is 0 Å². The second-order valence-corrected chi connectivity index (χ2v) is 36.4. The fourth-order valence-corrected chi connectivity index (χ4v) is 12.4. The van der Waals surface area contributed by atoms with Gasteiger partial charge in [-0.2, -0.15) is 0 Å². The Balaban J connectivity index is 0.000000450. The smallest absolute Gasteiger partial charge is 0.111 e. The van der Waals surface area contributed by atoms with Gasteiger partial charge in [0.05, 0.1) is 0 Å². The molecule has 0 aromatic heterocycles. The molecule has 0 heterocycles. The van der Waals surface area contributed by atoms with E-state index in [1.54, 1.807) is 6.92 Å². The summed E-state index contributed by atoms with van der Waals surface area (Å²) in [5.41, 5.74) is 0.713. The molecule has 0 N–H and O–H groups in total. The molecule has 486 valence electrons. The average Bonchev–Trinajstić information content (AvgIpc) is 4.09. The van der Waals surface area contributed by atoms with Gasteiger partial charge in [0, 0.05) is 0 Å². The Kier molecular flexibility index (Phi) is 36.0. The van der Waals surface area contributed by atoms with Crippen LogP contribution < -0.4 is 0 Å². The van der Waals surface area contributed by atoms with E-state index in [0.29, 0.717) is 23.2 Å². The Hall–Kier alpha value is -0.140. The predicted octanol–water partition coefficient (Wildman–Crippen LogP) is 27.4. The first-order valence-corrected chi connectivity index (χ1v) is 36.5. The van der Waals surface area contributed by atoms with Gasteiger partial charge in [0.25, 0.3) is 0 Å². The summed E-state index contributed by atoms with van der Waals surface area (Å²) in [6, 6.07) is 0. The van der Waals surface area contributed by atoms with Crippen molar-refractivity contribution in [2.24, 2.45) is 135 Å². The number of halogens is 2. The van der Waals surface area contributed by atoms with Gasteiger partial charge < -0.3 is 0 Å². The van der Waals surface area contributed by atoms with Crippen LogP contribution in [0.1, 0.15) is 361 Å². The maximum Gasteiger partial charge on any atom is 0.111 e. The van der Waals surface area contributed by atoms with Crippen molar-refractivity contribution in [3.8, 4) is 0 Å². The Labute approximate surface area is 513 Å². The van der Waals surface area contributed by atoms with Crippen LogP contribution in [0.2, 0.25) is 0 Å². The summed E-state index contributed by atoms with van der Waals surface area (Å²) in [5, 5.41) is 0. The molecule has 0 aromatic carbocycles. The predicted molar refractivity (Wildman–Crippen MR) is 364 cm³/mol. The van der Waals surface area contributed by atoms with Crippen LogP contribution in [0.25, 0.3) is 0 Å². The van der Waals surface area contributed by atoms with E-state index in [0.717, 1.165) is 144 Å². The lowest BCUT2D eigenvalue weighted by Gasteiger charge is -2.12. The molecule has 0 bridgehead atoms. The van der Waals surface area contributed by atoms with Crippen LogP contribution in [-0.4, -0.2) is 11.3 Å². The van der Waals surface area contributed by atoms with E-state index in [1.807, 2.05) is 0 Å². The third-order valence-electron chi connectivity index (χ3n) is 20.4. The van der Waals surface area contributed by atoms with Gasteiger partial charge in [0.1, 0.15) is 11.3 Å². The maximum absolute atomic E-state index is 12.8. The SMILES string of the molecule is CC(C)C(C)C1CC1.CC(C)C(C)C1CC1.CC(C)CC1(C)CC1.CC(C)CC1(C)CC1.CC(C)CC1(F)CC1.CC(C)CC1CC1.CC(C)CC1CC1(C)C.CC(C)CC1CC1(C)F.CC(C)CC1CC1C.CC(C)CCC1CC1. The zero-order valence-corrected chi connectivity index (χ0v) is 61.2. The minimum Gasteiger partial charge on any atom is -0.244 e. The number of hydrogen-bond acceptors (Lipinski definition) is 0. The molecule has 10 fully saturated rings. The normalized spacial score (nSPS) is 27.3. The Bertz CT molecular complexity index is 1430. The molecule has 10 aliphatic rings. The highest BCUT2D eigenvalue weighted by Crippen LogP contribution is 2.55. The second kappa shape index (κ2) is 37.0. The van der Waals surface area contributed by atoms with Crippen LogP contribution in [0.5, 0.6) is 0 Å². The molecule has 0 nitrogen and oxygen atoms in total. The highest BCUT2D eigenvalue weighted by Gasteiger charge is 2.50. The summed E-state index contributed by atoms with van der Waals surface area (Å²) in [6.07, 6.45) is 35.4. The third-order valence-corrected chi connectivity index (χ3v) is 20.4. The van der Waals surface area contributed by atoms with E-state index in [1.165, 1.54) is 135 Å². The molecule has 0 aromatic rings. The Morgan fingerprint density at radius 2 is 0.716 bits per heavy atom. The summed E-state index contributed by atoms with van der Waals surface area (Å²) in [6.45, 7) is 63.8. The molecule has 0 amide bonds. The molecule has 2 heteroatoms. The first-order chi connectivity index (χ1) is 37.1. The Morgan fingerprint density at radius 3 is 0.840 bits per heavy atom. The van der Waals surface area contributed by atoms with Crippen molar-refractivity contribution >= 4 is 0 Å². The first-order valence-electron chi connectivity index (χ1n) is 36.5. The largest absolute Gasteiger partial charge is 0.244 e. The van der Waals surface area contributed by atoms with Crippen LogP contribution >= 0.6 is 0 Å². The zero-order chi connectivity index (χ0) is 62.4. The van der Waals surface area contributed by atoms with Gasteiger partial charge in [0.15, 0.2) is 0 Å². The second-order valence-electron chi connectivity index (χ2n) is 36.4.